The standard InChI is InChI=1S/C12H15N5O2S/c1-3-4-14-12-15-8(2)11(17(18)19)9(16-12)7-10-13-5-6-20-10/h5-6H,3-4,7H2,1-2H3,(H,14,15,16). The Morgan fingerprint density at radius 3 is 2.85 bits per heavy atom. The summed E-state index contributed by atoms with van der Waals surface area (Å²) in [5, 5.41) is 16.9. The summed E-state index contributed by atoms with van der Waals surface area (Å²) >= 11 is 1.45. The second-order valence-corrected chi connectivity index (χ2v) is 5.19. The van der Waals surface area contributed by atoms with Crippen molar-refractivity contribution in [1.29, 1.82) is 0 Å². The maximum absolute atomic E-state index is 11.2. The van der Waals surface area contributed by atoms with Crippen LogP contribution < -0.4 is 5.32 Å². The lowest BCUT2D eigenvalue weighted by Gasteiger charge is -2.07. The molecular weight excluding hydrogens is 278 g/mol. The van der Waals surface area contributed by atoms with Gasteiger partial charge < -0.3 is 5.32 Å². The Bertz CT molecular complexity index is 600. The molecule has 8 heteroatoms. The minimum atomic E-state index is -0.429. The number of aryl methyl sites for hydroxylation is 1. The topological polar surface area (TPSA) is 93.8 Å². The molecule has 0 fully saturated rings. The van der Waals surface area contributed by atoms with E-state index in [0.29, 0.717) is 23.8 Å². The van der Waals surface area contributed by atoms with Crippen LogP contribution in [0.4, 0.5) is 11.6 Å². The largest absolute Gasteiger partial charge is 0.354 e. The maximum Gasteiger partial charge on any atom is 0.312 e. The fourth-order valence-corrected chi connectivity index (χ4v) is 2.41. The molecule has 0 aliphatic carbocycles. The summed E-state index contributed by atoms with van der Waals surface area (Å²) < 4.78 is 0. The van der Waals surface area contributed by atoms with Gasteiger partial charge in [-0.15, -0.1) is 11.3 Å². The smallest absolute Gasteiger partial charge is 0.312 e. The molecule has 2 aromatic rings. The molecule has 0 aromatic carbocycles. The van der Waals surface area contributed by atoms with Crippen LogP contribution >= 0.6 is 11.3 Å². The molecule has 0 spiro atoms. The summed E-state index contributed by atoms with van der Waals surface area (Å²) in [6.07, 6.45) is 2.95. The van der Waals surface area contributed by atoms with Crippen molar-refractivity contribution in [2.75, 3.05) is 11.9 Å². The summed E-state index contributed by atoms with van der Waals surface area (Å²) in [5.41, 5.74) is 0.744. The number of nitrogens with zero attached hydrogens (tertiary/aromatic N) is 4. The van der Waals surface area contributed by atoms with Crippen molar-refractivity contribution >= 4 is 23.0 Å². The lowest BCUT2D eigenvalue weighted by molar-refractivity contribution is -0.386. The van der Waals surface area contributed by atoms with E-state index < -0.39 is 4.92 Å². The monoisotopic (exact) mass is 293 g/mol. The van der Waals surface area contributed by atoms with Gasteiger partial charge in [-0.05, 0) is 13.3 Å². The number of hydrogen-bond donors (Lipinski definition) is 1. The van der Waals surface area contributed by atoms with Crippen LogP contribution in [0.2, 0.25) is 0 Å². The van der Waals surface area contributed by atoms with E-state index in [-0.39, 0.29) is 5.69 Å². The predicted molar refractivity (Wildman–Crippen MR) is 77.1 cm³/mol. The second kappa shape index (κ2) is 6.38. The number of nitro groups is 1. The van der Waals surface area contributed by atoms with Crippen molar-refractivity contribution in [2.45, 2.75) is 26.7 Å². The van der Waals surface area contributed by atoms with Gasteiger partial charge in [0, 0.05) is 24.5 Å². The Morgan fingerprint density at radius 2 is 2.25 bits per heavy atom. The van der Waals surface area contributed by atoms with Crippen molar-refractivity contribution < 1.29 is 4.92 Å². The summed E-state index contributed by atoms with van der Waals surface area (Å²) in [6, 6.07) is 0. The normalized spacial score (nSPS) is 10.5. The molecule has 1 N–H and O–H groups in total. The maximum atomic E-state index is 11.2. The van der Waals surface area contributed by atoms with Gasteiger partial charge in [-0.3, -0.25) is 10.1 Å². The number of nitrogens with one attached hydrogen (secondary N) is 1. The summed E-state index contributed by atoms with van der Waals surface area (Å²) in [6.45, 7) is 4.39. The van der Waals surface area contributed by atoms with Gasteiger partial charge in [-0.2, -0.15) is 0 Å². The highest BCUT2D eigenvalue weighted by Crippen LogP contribution is 2.24. The first-order chi connectivity index (χ1) is 9.61. The first kappa shape index (κ1) is 14.3. The van der Waals surface area contributed by atoms with Gasteiger partial charge in [-0.1, -0.05) is 6.92 Å². The molecule has 0 unspecified atom stereocenters. The summed E-state index contributed by atoms with van der Waals surface area (Å²) in [7, 11) is 0. The second-order valence-electron chi connectivity index (χ2n) is 4.21. The van der Waals surface area contributed by atoms with Crippen molar-refractivity contribution in [1.82, 2.24) is 15.0 Å². The number of anilines is 1. The zero-order chi connectivity index (χ0) is 14.5. The number of thiazole rings is 1. The van der Waals surface area contributed by atoms with Crippen molar-refractivity contribution in [2.24, 2.45) is 0 Å². The third-order valence-corrected chi connectivity index (χ3v) is 3.43. The molecule has 0 aliphatic rings. The molecule has 7 nitrogen and oxygen atoms in total. The highest BCUT2D eigenvalue weighted by Gasteiger charge is 2.22. The summed E-state index contributed by atoms with van der Waals surface area (Å²) in [4.78, 5) is 23.3. The van der Waals surface area contributed by atoms with E-state index in [0.717, 1.165) is 18.0 Å². The quantitative estimate of drug-likeness (QED) is 0.649. The molecule has 0 aliphatic heterocycles. The van der Waals surface area contributed by atoms with Gasteiger partial charge in [0.15, 0.2) is 0 Å². The zero-order valence-electron chi connectivity index (χ0n) is 11.3. The van der Waals surface area contributed by atoms with Crippen LogP contribution in [0.1, 0.15) is 29.7 Å². The van der Waals surface area contributed by atoms with Crippen molar-refractivity contribution in [3.05, 3.63) is 38.1 Å². The molecular formula is C12H15N5O2S. The third kappa shape index (κ3) is 3.27. The third-order valence-electron chi connectivity index (χ3n) is 2.65. The Hall–Kier alpha value is -2.09. The Balaban J connectivity index is 2.38. The van der Waals surface area contributed by atoms with Crippen LogP contribution in [0, 0.1) is 17.0 Å². The molecule has 2 rings (SSSR count). The van der Waals surface area contributed by atoms with E-state index >= 15 is 0 Å². The van der Waals surface area contributed by atoms with Gasteiger partial charge >= 0.3 is 5.69 Å². The van der Waals surface area contributed by atoms with Crippen LogP contribution in [-0.4, -0.2) is 26.4 Å². The highest BCUT2D eigenvalue weighted by molar-refractivity contribution is 7.09. The molecule has 0 amide bonds. The number of rotatable bonds is 6. The lowest BCUT2D eigenvalue weighted by Crippen LogP contribution is -2.10. The first-order valence-electron chi connectivity index (χ1n) is 6.26. The Labute approximate surface area is 120 Å². The summed E-state index contributed by atoms with van der Waals surface area (Å²) in [5.74, 6) is 0.432. The van der Waals surface area contributed by atoms with E-state index in [1.54, 1.807) is 13.1 Å². The molecule has 0 saturated heterocycles. The van der Waals surface area contributed by atoms with Gasteiger partial charge in [0.1, 0.15) is 11.4 Å². The zero-order valence-corrected chi connectivity index (χ0v) is 12.1. The molecule has 106 valence electrons. The minimum Gasteiger partial charge on any atom is -0.354 e. The number of hydrogen-bond acceptors (Lipinski definition) is 7. The van der Waals surface area contributed by atoms with E-state index in [9.17, 15) is 10.1 Å². The first-order valence-corrected chi connectivity index (χ1v) is 7.14. The number of aromatic nitrogens is 3. The molecule has 0 radical (unpaired) electrons. The minimum absolute atomic E-state index is 0.0257. The van der Waals surface area contributed by atoms with Crippen LogP contribution in [0.5, 0.6) is 0 Å². The lowest BCUT2D eigenvalue weighted by atomic mass is 10.2. The SMILES string of the molecule is CCCNc1nc(C)c([N+](=O)[O-])c(Cc2nccs2)n1. The fraction of sp³-hybridized carbons (Fsp3) is 0.417. The fourth-order valence-electron chi connectivity index (χ4n) is 1.79. The van der Waals surface area contributed by atoms with E-state index in [1.807, 2.05) is 12.3 Å². The van der Waals surface area contributed by atoms with Gasteiger partial charge in [0.05, 0.1) is 9.93 Å². The van der Waals surface area contributed by atoms with Crippen LogP contribution in [-0.2, 0) is 6.42 Å². The Kier molecular flexibility index (Phi) is 4.57. The van der Waals surface area contributed by atoms with E-state index in [2.05, 4.69) is 20.3 Å². The van der Waals surface area contributed by atoms with E-state index in [4.69, 9.17) is 0 Å². The molecule has 2 heterocycles. The average Bonchev–Trinajstić information content (AvgIpc) is 2.88. The van der Waals surface area contributed by atoms with Gasteiger partial charge in [-0.25, -0.2) is 15.0 Å². The van der Waals surface area contributed by atoms with Gasteiger partial charge in [0.2, 0.25) is 5.95 Å². The van der Waals surface area contributed by atoms with E-state index in [1.165, 1.54) is 11.3 Å². The molecule has 0 saturated carbocycles. The molecule has 0 atom stereocenters. The van der Waals surface area contributed by atoms with Crippen LogP contribution in [0.15, 0.2) is 11.6 Å². The van der Waals surface area contributed by atoms with Gasteiger partial charge in [0.25, 0.3) is 0 Å². The molecule has 2 aromatic heterocycles. The Morgan fingerprint density at radius 1 is 1.45 bits per heavy atom. The van der Waals surface area contributed by atoms with Crippen LogP contribution in [0.3, 0.4) is 0 Å². The predicted octanol–water partition coefficient (Wildman–Crippen LogP) is 2.56. The van der Waals surface area contributed by atoms with Crippen molar-refractivity contribution in [3.8, 4) is 0 Å². The van der Waals surface area contributed by atoms with Crippen LogP contribution in [0.25, 0.3) is 0 Å². The molecule has 20 heavy (non-hydrogen) atoms. The molecule has 0 bridgehead atoms. The van der Waals surface area contributed by atoms with Crippen molar-refractivity contribution in [3.63, 3.8) is 0 Å². The average molecular weight is 293 g/mol. The highest BCUT2D eigenvalue weighted by atomic mass is 32.1.